The molecular weight excluding hydrogens is 322 g/mol. The Bertz CT molecular complexity index is 1140. The van der Waals surface area contributed by atoms with Crippen LogP contribution in [-0.2, 0) is 4.74 Å². The van der Waals surface area contributed by atoms with Crippen LogP contribution < -0.4 is 0 Å². The average molecular weight is 339 g/mol. The standard InChI is InChI=1S/C22H17N3O/c1-14-21(17-6-3-2-4-7-17)26-22(24-14)18-12-11-16-10-9-15-8-5-13-23-19(15)20(16)25-18/h2-14,21H,1H3/t14-,21+/m1/s1. The molecular formula is C22H17N3O. The first kappa shape index (κ1) is 15.0. The molecule has 2 atom stereocenters. The number of benzene rings is 2. The van der Waals surface area contributed by atoms with Gasteiger partial charge in [-0.3, -0.25) is 4.98 Å². The Morgan fingerprint density at radius 3 is 2.42 bits per heavy atom. The van der Waals surface area contributed by atoms with Crippen molar-refractivity contribution in [2.45, 2.75) is 19.1 Å². The molecule has 0 saturated carbocycles. The molecule has 0 saturated heterocycles. The Hall–Kier alpha value is -3.27. The fourth-order valence-corrected chi connectivity index (χ4v) is 3.46. The predicted octanol–water partition coefficient (Wildman–Crippen LogP) is 4.69. The number of ether oxygens (including phenoxy) is 1. The molecule has 5 rings (SSSR count). The molecule has 4 heteroatoms. The van der Waals surface area contributed by atoms with E-state index in [0.717, 1.165) is 33.1 Å². The van der Waals surface area contributed by atoms with Gasteiger partial charge in [-0.1, -0.05) is 54.6 Å². The Kier molecular flexibility index (Phi) is 3.42. The summed E-state index contributed by atoms with van der Waals surface area (Å²) < 4.78 is 6.17. The van der Waals surface area contributed by atoms with Crippen LogP contribution in [0.3, 0.4) is 0 Å². The van der Waals surface area contributed by atoms with E-state index in [0.29, 0.717) is 5.90 Å². The summed E-state index contributed by atoms with van der Waals surface area (Å²) >= 11 is 0. The first-order valence-corrected chi connectivity index (χ1v) is 8.74. The zero-order valence-electron chi connectivity index (χ0n) is 14.3. The maximum Gasteiger partial charge on any atom is 0.236 e. The van der Waals surface area contributed by atoms with Gasteiger partial charge in [0.25, 0.3) is 0 Å². The summed E-state index contributed by atoms with van der Waals surface area (Å²) in [6.45, 7) is 2.07. The van der Waals surface area contributed by atoms with Crippen LogP contribution in [0.2, 0.25) is 0 Å². The van der Waals surface area contributed by atoms with Gasteiger partial charge in [0, 0.05) is 17.0 Å². The molecule has 0 bridgehead atoms. The van der Waals surface area contributed by atoms with Crippen LogP contribution in [0.5, 0.6) is 0 Å². The largest absolute Gasteiger partial charge is 0.466 e. The van der Waals surface area contributed by atoms with E-state index in [9.17, 15) is 0 Å². The molecule has 0 spiro atoms. The number of pyridine rings is 2. The first-order chi connectivity index (χ1) is 12.8. The van der Waals surface area contributed by atoms with Crippen molar-refractivity contribution in [1.82, 2.24) is 9.97 Å². The monoisotopic (exact) mass is 339 g/mol. The summed E-state index contributed by atoms with van der Waals surface area (Å²) in [7, 11) is 0. The molecule has 126 valence electrons. The Morgan fingerprint density at radius 1 is 0.808 bits per heavy atom. The number of hydrogen-bond acceptors (Lipinski definition) is 4. The Morgan fingerprint density at radius 2 is 1.58 bits per heavy atom. The molecule has 2 aromatic carbocycles. The van der Waals surface area contributed by atoms with Crippen molar-refractivity contribution in [3.05, 3.63) is 84.2 Å². The minimum absolute atomic E-state index is 0.0514. The van der Waals surface area contributed by atoms with Crippen LogP contribution in [0.15, 0.2) is 77.9 Å². The zero-order chi connectivity index (χ0) is 17.5. The van der Waals surface area contributed by atoms with E-state index in [1.54, 1.807) is 6.20 Å². The molecule has 0 radical (unpaired) electrons. The van der Waals surface area contributed by atoms with Gasteiger partial charge in [-0.15, -0.1) is 0 Å². The predicted molar refractivity (Wildman–Crippen MR) is 103 cm³/mol. The summed E-state index contributed by atoms with van der Waals surface area (Å²) in [5.74, 6) is 0.598. The molecule has 1 aliphatic rings. The average Bonchev–Trinajstić information content (AvgIpc) is 3.10. The topological polar surface area (TPSA) is 47.4 Å². The summed E-state index contributed by atoms with van der Waals surface area (Å²) in [5.41, 5.74) is 3.66. The van der Waals surface area contributed by atoms with Gasteiger partial charge in [0.15, 0.2) is 0 Å². The van der Waals surface area contributed by atoms with Crippen molar-refractivity contribution in [3.63, 3.8) is 0 Å². The lowest BCUT2D eigenvalue weighted by Crippen LogP contribution is -2.11. The highest BCUT2D eigenvalue weighted by Gasteiger charge is 2.30. The van der Waals surface area contributed by atoms with E-state index in [2.05, 4.69) is 42.2 Å². The van der Waals surface area contributed by atoms with Gasteiger partial charge in [-0.25, -0.2) is 9.98 Å². The minimum atomic E-state index is -0.0747. The summed E-state index contributed by atoms with van der Waals surface area (Å²) in [4.78, 5) is 14.1. The molecule has 0 aliphatic carbocycles. The third-order valence-corrected chi connectivity index (χ3v) is 4.78. The molecule has 4 aromatic rings. The number of hydrogen-bond donors (Lipinski definition) is 0. The molecule has 1 aliphatic heterocycles. The number of nitrogens with zero attached hydrogens (tertiary/aromatic N) is 3. The van der Waals surface area contributed by atoms with Crippen molar-refractivity contribution >= 4 is 27.7 Å². The molecule has 0 amide bonds. The normalized spacial score (nSPS) is 19.5. The molecule has 0 fully saturated rings. The van der Waals surface area contributed by atoms with Crippen LogP contribution in [0.25, 0.3) is 21.8 Å². The zero-order valence-corrected chi connectivity index (χ0v) is 14.3. The summed E-state index contributed by atoms with van der Waals surface area (Å²) in [6, 6.07) is 22.4. The maximum absolute atomic E-state index is 6.17. The lowest BCUT2D eigenvalue weighted by molar-refractivity contribution is 0.202. The quantitative estimate of drug-likeness (QED) is 0.498. The van der Waals surface area contributed by atoms with Crippen molar-refractivity contribution in [2.24, 2.45) is 4.99 Å². The van der Waals surface area contributed by atoms with Gasteiger partial charge in [-0.05, 0) is 24.6 Å². The Labute approximate surface area is 151 Å². The number of rotatable bonds is 2. The van der Waals surface area contributed by atoms with Crippen molar-refractivity contribution in [2.75, 3.05) is 0 Å². The van der Waals surface area contributed by atoms with E-state index in [1.807, 2.05) is 36.4 Å². The van der Waals surface area contributed by atoms with Crippen LogP contribution in [0, 0.1) is 0 Å². The number of aliphatic imine (C=N–C) groups is 1. The molecule has 3 heterocycles. The summed E-state index contributed by atoms with van der Waals surface area (Å²) in [5, 5.41) is 2.14. The van der Waals surface area contributed by atoms with Gasteiger partial charge < -0.3 is 4.74 Å². The molecule has 4 nitrogen and oxygen atoms in total. The van der Waals surface area contributed by atoms with Crippen LogP contribution >= 0.6 is 0 Å². The van der Waals surface area contributed by atoms with E-state index < -0.39 is 0 Å². The highest BCUT2D eigenvalue weighted by Crippen LogP contribution is 2.31. The van der Waals surface area contributed by atoms with E-state index in [-0.39, 0.29) is 12.1 Å². The highest BCUT2D eigenvalue weighted by molar-refractivity contribution is 6.04. The first-order valence-electron chi connectivity index (χ1n) is 8.74. The lowest BCUT2D eigenvalue weighted by atomic mass is 10.0. The SMILES string of the molecule is C[C@H]1N=C(c2ccc3ccc4cccnc4c3n2)O[C@@H]1c1ccccc1. The molecule has 0 N–H and O–H groups in total. The van der Waals surface area contributed by atoms with Crippen molar-refractivity contribution in [3.8, 4) is 0 Å². The van der Waals surface area contributed by atoms with Gasteiger partial charge in [0.05, 0.1) is 17.1 Å². The number of fused-ring (bicyclic) bond motifs is 3. The summed E-state index contributed by atoms with van der Waals surface area (Å²) in [6.07, 6.45) is 1.72. The Balaban J connectivity index is 1.57. The third kappa shape index (κ3) is 2.42. The van der Waals surface area contributed by atoms with Gasteiger partial charge in [0.2, 0.25) is 5.90 Å². The van der Waals surface area contributed by atoms with Gasteiger partial charge in [-0.2, -0.15) is 0 Å². The second-order valence-electron chi connectivity index (χ2n) is 6.53. The van der Waals surface area contributed by atoms with Crippen LogP contribution in [0.4, 0.5) is 0 Å². The maximum atomic E-state index is 6.17. The van der Waals surface area contributed by atoms with Gasteiger partial charge in [0.1, 0.15) is 11.8 Å². The molecule has 0 unspecified atom stereocenters. The van der Waals surface area contributed by atoms with E-state index in [4.69, 9.17) is 14.7 Å². The lowest BCUT2D eigenvalue weighted by Gasteiger charge is -2.15. The number of aromatic nitrogens is 2. The van der Waals surface area contributed by atoms with Crippen molar-refractivity contribution < 1.29 is 4.74 Å². The van der Waals surface area contributed by atoms with Gasteiger partial charge >= 0.3 is 0 Å². The fourth-order valence-electron chi connectivity index (χ4n) is 3.46. The minimum Gasteiger partial charge on any atom is -0.466 e. The van der Waals surface area contributed by atoms with E-state index in [1.165, 1.54) is 0 Å². The van der Waals surface area contributed by atoms with Crippen LogP contribution in [-0.4, -0.2) is 21.9 Å². The smallest absolute Gasteiger partial charge is 0.236 e. The third-order valence-electron chi connectivity index (χ3n) is 4.78. The fraction of sp³-hybridized carbons (Fsp3) is 0.136. The van der Waals surface area contributed by atoms with Crippen molar-refractivity contribution in [1.29, 1.82) is 0 Å². The molecule has 2 aromatic heterocycles. The second-order valence-corrected chi connectivity index (χ2v) is 6.53. The molecule has 26 heavy (non-hydrogen) atoms. The highest BCUT2D eigenvalue weighted by atomic mass is 16.5. The second kappa shape index (κ2) is 5.92. The van der Waals surface area contributed by atoms with Crippen LogP contribution in [0.1, 0.15) is 24.3 Å². The van der Waals surface area contributed by atoms with E-state index >= 15 is 0 Å².